The molecule has 0 bridgehead atoms. The Bertz CT molecular complexity index is 187. The molecule has 0 unspecified atom stereocenters. The monoisotopic (exact) mass is 198 g/mol. The van der Waals surface area contributed by atoms with Gasteiger partial charge in [-0.05, 0) is 32.6 Å². The van der Waals surface area contributed by atoms with E-state index in [1.54, 1.807) is 0 Å². The highest BCUT2D eigenvalue weighted by Crippen LogP contribution is 2.26. The van der Waals surface area contributed by atoms with Crippen LogP contribution in [0.2, 0.25) is 0 Å². The van der Waals surface area contributed by atoms with Crippen LogP contribution in [0.3, 0.4) is 0 Å². The van der Waals surface area contributed by atoms with Crippen LogP contribution < -0.4 is 11.3 Å². The lowest BCUT2D eigenvalue weighted by atomic mass is 9.85. The lowest BCUT2D eigenvalue weighted by molar-refractivity contribution is 0.240. The van der Waals surface area contributed by atoms with E-state index < -0.39 is 0 Å². The van der Waals surface area contributed by atoms with Gasteiger partial charge in [-0.1, -0.05) is 6.42 Å². The third-order valence-corrected chi connectivity index (χ3v) is 2.82. The van der Waals surface area contributed by atoms with Crippen LogP contribution in [0.15, 0.2) is 4.99 Å². The van der Waals surface area contributed by atoms with E-state index in [9.17, 15) is 0 Å². The van der Waals surface area contributed by atoms with Gasteiger partial charge in [0.05, 0.1) is 0 Å². The minimum atomic E-state index is 0.778. The minimum absolute atomic E-state index is 0.778. The van der Waals surface area contributed by atoms with E-state index in [2.05, 4.69) is 22.2 Å². The van der Waals surface area contributed by atoms with Crippen molar-refractivity contribution >= 4 is 5.96 Å². The molecule has 0 heterocycles. The van der Waals surface area contributed by atoms with E-state index in [-0.39, 0.29) is 0 Å². The van der Waals surface area contributed by atoms with E-state index in [4.69, 9.17) is 5.84 Å². The Morgan fingerprint density at radius 3 is 2.57 bits per heavy atom. The summed E-state index contributed by atoms with van der Waals surface area (Å²) < 4.78 is 0. The summed E-state index contributed by atoms with van der Waals surface area (Å²) in [6.45, 7) is 7.01. The normalized spacial score (nSPS) is 17.8. The van der Waals surface area contributed by atoms with Gasteiger partial charge >= 0.3 is 0 Å². The standard InChI is InChI=1S/C10H22N4/c1-3-12-10(13-11)14(4-2)8-9-6-5-7-9/h9H,3-8,11H2,1-2H3,(H,12,13). The molecule has 3 N–H and O–H groups in total. The number of nitrogens with zero attached hydrogens (tertiary/aromatic N) is 2. The molecule has 4 nitrogen and oxygen atoms in total. The zero-order valence-corrected chi connectivity index (χ0v) is 9.29. The number of nitrogens with one attached hydrogen (secondary N) is 1. The summed E-state index contributed by atoms with van der Waals surface area (Å²) in [4.78, 5) is 6.56. The number of hydrazine groups is 1. The second-order valence-electron chi connectivity index (χ2n) is 3.78. The molecule has 0 saturated heterocycles. The Hall–Kier alpha value is -0.770. The van der Waals surface area contributed by atoms with Gasteiger partial charge in [0.25, 0.3) is 0 Å². The predicted molar refractivity (Wildman–Crippen MR) is 59.9 cm³/mol. The molecule has 0 aliphatic heterocycles. The van der Waals surface area contributed by atoms with Gasteiger partial charge in [-0.3, -0.25) is 10.4 Å². The molecule has 0 aromatic carbocycles. The molecule has 14 heavy (non-hydrogen) atoms. The summed E-state index contributed by atoms with van der Waals surface area (Å²) in [7, 11) is 0. The molecule has 4 heteroatoms. The van der Waals surface area contributed by atoms with E-state index in [0.29, 0.717) is 0 Å². The number of hydrogen-bond donors (Lipinski definition) is 2. The maximum Gasteiger partial charge on any atom is 0.208 e. The number of rotatable bonds is 4. The number of nitrogens with two attached hydrogens (primary N) is 1. The lowest BCUT2D eigenvalue weighted by Crippen LogP contribution is -2.47. The molecule has 0 atom stereocenters. The maximum atomic E-state index is 5.45. The van der Waals surface area contributed by atoms with Crippen molar-refractivity contribution < 1.29 is 0 Å². The molecule has 0 radical (unpaired) electrons. The molecule has 1 fully saturated rings. The van der Waals surface area contributed by atoms with Crippen LogP contribution in [-0.2, 0) is 0 Å². The number of guanidine groups is 1. The summed E-state index contributed by atoms with van der Waals surface area (Å²) in [5.74, 6) is 7.14. The Kier molecular flexibility index (Phi) is 4.73. The van der Waals surface area contributed by atoms with Crippen molar-refractivity contribution in [3.05, 3.63) is 0 Å². The van der Waals surface area contributed by atoms with Crippen LogP contribution in [0.5, 0.6) is 0 Å². The molecule has 1 aliphatic carbocycles. The quantitative estimate of drug-likeness (QED) is 0.306. The largest absolute Gasteiger partial charge is 0.342 e. The molecular formula is C10H22N4. The van der Waals surface area contributed by atoms with E-state index in [1.807, 2.05) is 6.92 Å². The zero-order chi connectivity index (χ0) is 10.4. The lowest BCUT2D eigenvalue weighted by Gasteiger charge is -2.33. The minimum Gasteiger partial charge on any atom is -0.342 e. The molecular weight excluding hydrogens is 176 g/mol. The molecule has 0 aromatic rings. The van der Waals surface area contributed by atoms with Gasteiger partial charge in [-0.25, -0.2) is 5.84 Å². The molecule has 1 saturated carbocycles. The Morgan fingerprint density at radius 2 is 2.21 bits per heavy atom. The smallest absolute Gasteiger partial charge is 0.208 e. The van der Waals surface area contributed by atoms with Crippen molar-refractivity contribution in [2.45, 2.75) is 33.1 Å². The molecule has 1 aliphatic rings. The van der Waals surface area contributed by atoms with Crippen LogP contribution in [0.25, 0.3) is 0 Å². The number of hydrogen-bond acceptors (Lipinski definition) is 2. The van der Waals surface area contributed by atoms with Crippen LogP contribution in [0, 0.1) is 5.92 Å². The van der Waals surface area contributed by atoms with Crippen LogP contribution in [-0.4, -0.2) is 30.5 Å². The average molecular weight is 198 g/mol. The van der Waals surface area contributed by atoms with Crippen molar-refractivity contribution in [1.29, 1.82) is 0 Å². The first-order valence-electron chi connectivity index (χ1n) is 5.57. The van der Waals surface area contributed by atoms with Crippen molar-refractivity contribution in [2.24, 2.45) is 16.8 Å². The summed E-state index contributed by atoms with van der Waals surface area (Å²) in [6, 6.07) is 0. The van der Waals surface area contributed by atoms with Gasteiger partial charge in [0.15, 0.2) is 0 Å². The van der Waals surface area contributed by atoms with Gasteiger partial charge in [0.1, 0.15) is 0 Å². The maximum absolute atomic E-state index is 5.45. The summed E-state index contributed by atoms with van der Waals surface area (Å²) in [6.07, 6.45) is 4.11. The zero-order valence-electron chi connectivity index (χ0n) is 9.29. The second-order valence-corrected chi connectivity index (χ2v) is 3.78. The molecule has 0 aromatic heterocycles. The van der Waals surface area contributed by atoms with Crippen LogP contribution in [0.4, 0.5) is 0 Å². The second kappa shape index (κ2) is 5.86. The van der Waals surface area contributed by atoms with E-state index in [0.717, 1.165) is 31.5 Å². The fourth-order valence-corrected chi connectivity index (χ4v) is 1.74. The fraction of sp³-hybridized carbons (Fsp3) is 0.900. The predicted octanol–water partition coefficient (Wildman–Crippen LogP) is 0.948. The van der Waals surface area contributed by atoms with E-state index >= 15 is 0 Å². The van der Waals surface area contributed by atoms with Gasteiger partial charge < -0.3 is 4.90 Å². The first-order valence-corrected chi connectivity index (χ1v) is 5.57. The van der Waals surface area contributed by atoms with E-state index in [1.165, 1.54) is 19.3 Å². The molecule has 1 rings (SSSR count). The summed E-state index contributed by atoms with van der Waals surface area (Å²) in [5, 5.41) is 0. The SMILES string of the molecule is CCN=C(NN)N(CC)CC1CCC1. The number of aliphatic imine (C=N–C) groups is 1. The first kappa shape index (κ1) is 11.3. The molecule has 82 valence electrons. The van der Waals surface area contributed by atoms with Gasteiger partial charge in [0.2, 0.25) is 5.96 Å². The summed E-state index contributed by atoms with van der Waals surface area (Å²) >= 11 is 0. The van der Waals surface area contributed by atoms with Crippen molar-refractivity contribution in [3.63, 3.8) is 0 Å². The Labute approximate surface area is 86.5 Å². The van der Waals surface area contributed by atoms with Gasteiger partial charge in [-0.15, -0.1) is 0 Å². The highest BCUT2D eigenvalue weighted by atomic mass is 15.4. The Balaban J connectivity index is 2.44. The molecule has 0 spiro atoms. The Morgan fingerprint density at radius 1 is 1.50 bits per heavy atom. The van der Waals surface area contributed by atoms with Gasteiger partial charge in [0, 0.05) is 19.6 Å². The van der Waals surface area contributed by atoms with Gasteiger partial charge in [-0.2, -0.15) is 0 Å². The summed E-state index contributed by atoms with van der Waals surface area (Å²) in [5.41, 5.74) is 2.68. The van der Waals surface area contributed by atoms with Crippen molar-refractivity contribution in [3.8, 4) is 0 Å². The third-order valence-electron chi connectivity index (χ3n) is 2.82. The van der Waals surface area contributed by atoms with Crippen molar-refractivity contribution in [1.82, 2.24) is 10.3 Å². The highest BCUT2D eigenvalue weighted by molar-refractivity contribution is 5.79. The fourth-order valence-electron chi connectivity index (χ4n) is 1.74. The van der Waals surface area contributed by atoms with Crippen LogP contribution >= 0.6 is 0 Å². The third kappa shape index (κ3) is 2.87. The van der Waals surface area contributed by atoms with Crippen molar-refractivity contribution in [2.75, 3.05) is 19.6 Å². The first-order chi connectivity index (χ1) is 6.81. The topological polar surface area (TPSA) is 53.6 Å². The van der Waals surface area contributed by atoms with Crippen LogP contribution in [0.1, 0.15) is 33.1 Å². The average Bonchev–Trinajstić information content (AvgIpc) is 2.14. The highest BCUT2D eigenvalue weighted by Gasteiger charge is 2.21. The molecule has 0 amide bonds.